The molecule has 14 heavy (non-hydrogen) atoms. The lowest BCUT2D eigenvalue weighted by atomic mass is 10.1. The van der Waals surface area contributed by atoms with Gasteiger partial charge in [0, 0.05) is 40.4 Å². The van der Waals surface area contributed by atoms with E-state index < -0.39 is 0 Å². The molecule has 0 amide bonds. The first kappa shape index (κ1) is 13.8. The molecule has 0 aromatic rings. The molecule has 4 nitrogen and oxygen atoms in total. The van der Waals surface area contributed by atoms with Crippen molar-refractivity contribution in [3.05, 3.63) is 0 Å². The number of methoxy groups -OCH3 is 2. The van der Waals surface area contributed by atoms with Gasteiger partial charge in [-0.1, -0.05) is 0 Å². The van der Waals surface area contributed by atoms with Gasteiger partial charge in [0.05, 0.1) is 12.2 Å². The second-order valence-corrected chi connectivity index (χ2v) is 3.88. The van der Waals surface area contributed by atoms with E-state index in [0.29, 0.717) is 0 Å². The summed E-state index contributed by atoms with van der Waals surface area (Å²) in [5.41, 5.74) is -0.0769. The molecule has 0 aromatic heterocycles. The highest BCUT2D eigenvalue weighted by molar-refractivity contribution is 4.70. The molecule has 86 valence electrons. The molecule has 0 rings (SSSR count). The largest absolute Gasteiger partial charge is 0.383 e. The molecule has 0 saturated heterocycles. The molecular formula is C10H24N2O2. The number of rotatable bonds is 9. The molecule has 0 unspecified atom stereocenters. The van der Waals surface area contributed by atoms with E-state index in [1.807, 2.05) is 0 Å². The standard InChI is InChI=1S/C10H24N2O2/c1-10(2,14-4)9-12-6-5-11-7-8-13-3/h11-12H,5-9H2,1-4H3. The van der Waals surface area contributed by atoms with Crippen molar-refractivity contribution in [2.75, 3.05) is 47.0 Å². The van der Waals surface area contributed by atoms with Crippen LogP contribution in [0.25, 0.3) is 0 Å². The van der Waals surface area contributed by atoms with E-state index in [4.69, 9.17) is 9.47 Å². The van der Waals surface area contributed by atoms with E-state index >= 15 is 0 Å². The Morgan fingerprint density at radius 2 is 1.64 bits per heavy atom. The first-order chi connectivity index (χ1) is 6.62. The van der Waals surface area contributed by atoms with E-state index in [-0.39, 0.29) is 5.60 Å². The van der Waals surface area contributed by atoms with Gasteiger partial charge in [-0.25, -0.2) is 0 Å². The highest BCUT2D eigenvalue weighted by Crippen LogP contribution is 2.03. The van der Waals surface area contributed by atoms with Crippen molar-refractivity contribution in [3.8, 4) is 0 Å². The maximum atomic E-state index is 5.28. The lowest BCUT2D eigenvalue weighted by Crippen LogP contribution is -2.39. The van der Waals surface area contributed by atoms with Crippen molar-refractivity contribution in [1.29, 1.82) is 0 Å². The van der Waals surface area contributed by atoms with Gasteiger partial charge < -0.3 is 20.1 Å². The van der Waals surface area contributed by atoms with Gasteiger partial charge in [0.25, 0.3) is 0 Å². The third-order valence-electron chi connectivity index (χ3n) is 2.06. The first-order valence-corrected chi connectivity index (χ1v) is 5.08. The molecule has 0 aliphatic rings. The summed E-state index contributed by atoms with van der Waals surface area (Å²) in [7, 11) is 3.44. The maximum absolute atomic E-state index is 5.28. The van der Waals surface area contributed by atoms with E-state index in [1.165, 1.54) is 0 Å². The average Bonchev–Trinajstić information content (AvgIpc) is 2.16. The molecule has 4 heteroatoms. The minimum absolute atomic E-state index is 0.0769. The highest BCUT2D eigenvalue weighted by Gasteiger charge is 2.14. The van der Waals surface area contributed by atoms with Gasteiger partial charge in [-0.15, -0.1) is 0 Å². The van der Waals surface area contributed by atoms with Crippen LogP contribution in [0.1, 0.15) is 13.8 Å². The van der Waals surface area contributed by atoms with Crippen molar-refractivity contribution >= 4 is 0 Å². The molecule has 0 spiro atoms. The summed E-state index contributed by atoms with van der Waals surface area (Å²) >= 11 is 0. The Labute approximate surface area is 87.4 Å². The van der Waals surface area contributed by atoms with Crippen molar-refractivity contribution in [3.63, 3.8) is 0 Å². The number of nitrogens with one attached hydrogen (secondary N) is 2. The molecule has 0 aliphatic carbocycles. The lowest BCUT2D eigenvalue weighted by Gasteiger charge is -2.23. The Morgan fingerprint density at radius 1 is 1.00 bits per heavy atom. The van der Waals surface area contributed by atoms with Crippen LogP contribution in [0.3, 0.4) is 0 Å². The fourth-order valence-electron chi connectivity index (χ4n) is 0.938. The van der Waals surface area contributed by atoms with E-state index in [2.05, 4.69) is 24.5 Å². The van der Waals surface area contributed by atoms with Gasteiger partial charge in [0.1, 0.15) is 0 Å². The molecule has 0 bridgehead atoms. The van der Waals surface area contributed by atoms with Crippen LogP contribution in [0.15, 0.2) is 0 Å². The second-order valence-electron chi connectivity index (χ2n) is 3.88. The zero-order valence-corrected chi connectivity index (χ0v) is 9.85. The van der Waals surface area contributed by atoms with Gasteiger partial charge >= 0.3 is 0 Å². The minimum Gasteiger partial charge on any atom is -0.383 e. The van der Waals surface area contributed by atoms with E-state index in [9.17, 15) is 0 Å². The smallest absolute Gasteiger partial charge is 0.0746 e. The molecule has 0 heterocycles. The molecule has 0 radical (unpaired) electrons. The van der Waals surface area contributed by atoms with Crippen molar-refractivity contribution in [1.82, 2.24) is 10.6 Å². The highest BCUT2D eigenvalue weighted by atomic mass is 16.5. The lowest BCUT2D eigenvalue weighted by molar-refractivity contribution is 0.0235. The summed E-state index contributed by atoms with van der Waals surface area (Å²) in [6.45, 7) is 8.60. The molecular weight excluding hydrogens is 180 g/mol. The second kappa shape index (κ2) is 8.17. The Balaban J connectivity index is 3.13. The summed E-state index contributed by atoms with van der Waals surface area (Å²) in [5.74, 6) is 0. The molecule has 0 fully saturated rings. The van der Waals surface area contributed by atoms with Crippen molar-refractivity contribution < 1.29 is 9.47 Å². The first-order valence-electron chi connectivity index (χ1n) is 5.08. The monoisotopic (exact) mass is 204 g/mol. The predicted molar refractivity (Wildman–Crippen MR) is 58.7 cm³/mol. The molecule has 2 N–H and O–H groups in total. The third kappa shape index (κ3) is 8.44. The van der Waals surface area contributed by atoms with Gasteiger partial charge in [-0.3, -0.25) is 0 Å². The van der Waals surface area contributed by atoms with Crippen LogP contribution in [0.2, 0.25) is 0 Å². The summed E-state index contributed by atoms with van der Waals surface area (Å²) in [6.07, 6.45) is 0. The average molecular weight is 204 g/mol. The fraction of sp³-hybridized carbons (Fsp3) is 1.00. The van der Waals surface area contributed by atoms with Crippen LogP contribution in [-0.2, 0) is 9.47 Å². The Hall–Kier alpha value is -0.160. The minimum atomic E-state index is -0.0769. The predicted octanol–water partition coefficient (Wildman–Crippen LogP) is 0.237. The number of ether oxygens (including phenoxy) is 2. The molecule has 0 aromatic carbocycles. The van der Waals surface area contributed by atoms with Crippen LogP contribution in [0.4, 0.5) is 0 Å². The Bertz CT molecular complexity index is 129. The van der Waals surface area contributed by atoms with Gasteiger partial charge in [0.15, 0.2) is 0 Å². The van der Waals surface area contributed by atoms with Crippen LogP contribution >= 0.6 is 0 Å². The summed E-state index contributed by atoms with van der Waals surface area (Å²) < 4.78 is 10.2. The van der Waals surface area contributed by atoms with Crippen LogP contribution in [0.5, 0.6) is 0 Å². The third-order valence-corrected chi connectivity index (χ3v) is 2.06. The zero-order chi connectivity index (χ0) is 10.9. The normalized spacial score (nSPS) is 12.0. The number of hydrogen-bond acceptors (Lipinski definition) is 4. The summed E-state index contributed by atoms with van der Waals surface area (Å²) in [5, 5.41) is 6.59. The van der Waals surface area contributed by atoms with Crippen LogP contribution < -0.4 is 10.6 Å². The Kier molecular flexibility index (Phi) is 8.08. The van der Waals surface area contributed by atoms with E-state index in [1.54, 1.807) is 14.2 Å². The Morgan fingerprint density at radius 3 is 2.21 bits per heavy atom. The summed E-state index contributed by atoms with van der Waals surface area (Å²) in [6, 6.07) is 0. The fourth-order valence-corrected chi connectivity index (χ4v) is 0.938. The van der Waals surface area contributed by atoms with Crippen molar-refractivity contribution in [2.24, 2.45) is 0 Å². The zero-order valence-electron chi connectivity index (χ0n) is 9.85. The molecule has 0 atom stereocenters. The van der Waals surface area contributed by atoms with Gasteiger partial charge in [0.2, 0.25) is 0 Å². The van der Waals surface area contributed by atoms with Crippen molar-refractivity contribution in [2.45, 2.75) is 19.4 Å². The maximum Gasteiger partial charge on any atom is 0.0746 e. The molecule has 0 saturated carbocycles. The quantitative estimate of drug-likeness (QED) is 0.528. The van der Waals surface area contributed by atoms with Gasteiger partial charge in [-0.05, 0) is 13.8 Å². The van der Waals surface area contributed by atoms with E-state index in [0.717, 1.165) is 32.8 Å². The summed E-state index contributed by atoms with van der Waals surface area (Å²) in [4.78, 5) is 0. The SMILES string of the molecule is COCCNCCNCC(C)(C)OC. The topological polar surface area (TPSA) is 42.5 Å². The molecule has 0 aliphatic heterocycles. The van der Waals surface area contributed by atoms with Gasteiger partial charge in [-0.2, -0.15) is 0 Å². The van der Waals surface area contributed by atoms with Crippen LogP contribution in [0, 0.1) is 0 Å². The van der Waals surface area contributed by atoms with Crippen LogP contribution in [-0.4, -0.2) is 52.6 Å². The number of hydrogen-bond donors (Lipinski definition) is 2.